The molecule has 0 bridgehead atoms. The van der Waals surface area contributed by atoms with Gasteiger partial charge < -0.3 is 4.90 Å². The molecule has 2 rings (SSSR count). The predicted octanol–water partition coefficient (Wildman–Crippen LogP) is 2.89. The molecular formula is C15H22N2OS. The normalized spacial score (nSPS) is 20.1. The van der Waals surface area contributed by atoms with Gasteiger partial charge in [0.2, 0.25) is 5.91 Å². The molecule has 19 heavy (non-hydrogen) atoms. The second kappa shape index (κ2) is 5.55. The number of hydrogen-bond donors (Lipinski definition) is 1. The summed E-state index contributed by atoms with van der Waals surface area (Å²) in [6.45, 7) is 7.68. The van der Waals surface area contributed by atoms with Gasteiger partial charge in [0.25, 0.3) is 0 Å². The summed E-state index contributed by atoms with van der Waals surface area (Å²) in [5.74, 6) is 0.189. The maximum Gasteiger partial charge on any atom is 0.238 e. The third-order valence-electron chi connectivity index (χ3n) is 3.15. The molecule has 0 saturated carbocycles. The van der Waals surface area contributed by atoms with Crippen LogP contribution >= 0.6 is 11.8 Å². The molecule has 0 radical (unpaired) electrons. The maximum absolute atomic E-state index is 12.0. The van der Waals surface area contributed by atoms with Gasteiger partial charge in [0, 0.05) is 11.4 Å². The smallest absolute Gasteiger partial charge is 0.238 e. The van der Waals surface area contributed by atoms with Crippen LogP contribution in [-0.4, -0.2) is 30.2 Å². The van der Waals surface area contributed by atoms with Crippen LogP contribution in [0.5, 0.6) is 0 Å². The molecule has 104 valence electrons. The zero-order valence-electron chi connectivity index (χ0n) is 12.1. The van der Waals surface area contributed by atoms with Crippen molar-refractivity contribution in [1.29, 1.82) is 0 Å². The minimum Gasteiger partial charge on any atom is -0.321 e. The number of nitrogens with one attached hydrogen (secondary N) is 1. The lowest BCUT2D eigenvalue weighted by Crippen LogP contribution is -2.37. The topological polar surface area (TPSA) is 32.3 Å². The molecule has 1 aromatic rings. The second-order valence-corrected chi connectivity index (χ2v) is 7.02. The molecule has 1 N–H and O–H groups in total. The largest absolute Gasteiger partial charge is 0.321 e. The van der Waals surface area contributed by atoms with Crippen molar-refractivity contribution in [2.45, 2.75) is 31.8 Å². The Morgan fingerprint density at radius 3 is 2.47 bits per heavy atom. The third-order valence-corrected chi connectivity index (χ3v) is 3.90. The molecule has 1 aliphatic heterocycles. The van der Waals surface area contributed by atoms with Crippen molar-refractivity contribution in [2.75, 3.05) is 19.3 Å². The van der Waals surface area contributed by atoms with E-state index in [2.05, 4.69) is 56.6 Å². The molecule has 1 atom stereocenters. The number of thioether (sulfide) groups is 1. The van der Waals surface area contributed by atoms with Gasteiger partial charge in [0.05, 0.1) is 6.54 Å². The molecule has 1 unspecified atom stereocenters. The summed E-state index contributed by atoms with van der Waals surface area (Å²) in [6, 6.07) is 8.44. The predicted molar refractivity (Wildman–Crippen MR) is 80.1 cm³/mol. The highest BCUT2D eigenvalue weighted by Crippen LogP contribution is 2.28. The first-order valence-corrected chi connectivity index (χ1v) is 7.80. The Balaban J connectivity index is 2.19. The van der Waals surface area contributed by atoms with Crippen LogP contribution in [0.2, 0.25) is 0 Å². The van der Waals surface area contributed by atoms with E-state index in [4.69, 9.17) is 0 Å². The summed E-state index contributed by atoms with van der Waals surface area (Å²) in [4.78, 5) is 15.2. The van der Waals surface area contributed by atoms with Crippen LogP contribution in [0, 0.1) is 5.41 Å². The van der Waals surface area contributed by atoms with E-state index in [1.807, 2.05) is 4.90 Å². The molecular weight excluding hydrogens is 256 g/mol. The van der Waals surface area contributed by atoms with Crippen LogP contribution in [0.15, 0.2) is 29.2 Å². The van der Waals surface area contributed by atoms with Crippen molar-refractivity contribution >= 4 is 17.7 Å². The van der Waals surface area contributed by atoms with Crippen LogP contribution in [0.4, 0.5) is 0 Å². The van der Waals surface area contributed by atoms with E-state index < -0.39 is 0 Å². The third kappa shape index (κ3) is 3.51. The summed E-state index contributed by atoms with van der Waals surface area (Å²) in [5.41, 5.74) is 1.27. The summed E-state index contributed by atoms with van der Waals surface area (Å²) in [7, 11) is 0. The average molecular weight is 278 g/mol. The van der Waals surface area contributed by atoms with Crippen LogP contribution in [0.1, 0.15) is 32.5 Å². The summed E-state index contributed by atoms with van der Waals surface area (Å²) < 4.78 is 0. The fourth-order valence-corrected chi connectivity index (χ4v) is 2.72. The van der Waals surface area contributed by atoms with Crippen molar-refractivity contribution in [2.24, 2.45) is 5.41 Å². The molecule has 0 aromatic heterocycles. The second-order valence-electron chi connectivity index (χ2n) is 6.14. The quantitative estimate of drug-likeness (QED) is 0.863. The molecule has 0 aliphatic carbocycles. The maximum atomic E-state index is 12.0. The van der Waals surface area contributed by atoms with Crippen LogP contribution < -0.4 is 5.32 Å². The fraction of sp³-hybridized carbons (Fsp3) is 0.533. The van der Waals surface area contributed by atoms with E-state index in [0.29, 0.717) is 6.54 Å². The van der Waals surface area contributed by atoms with Gasteiger partial charge in [-0.25, -0.2) is 0 Å². The van der Waals surface area contributed by atoms with E-state index >= 15 is 0 Å². The van der Waals surface area contributed by atoms with E-state index in [1.165, 1.54) is 4.90 Å². The number of carbonyl (C=O) groups is 1. The molecule has 1 heterocycles. The van der Waals surface area contributed by atoms with Gasteiger partial charge in [-0.2, -0.15) is 0 Å². The monoisotopic (exact) mass is 278 g/mol. The first-order valence-electron chi connectivity index (χ1n) is 6.57. The van der Waals surface area contributed by atoms with E-state index in [-0.39, 0.29) is 17.5 Å². The first-order chi connectivity index (χ1) is 8.90. The first kappa shape index (κ1) is 14.4. The van der Waals surface area contributed by atoms with Crippen LogP contribution in [-0.2, 0) is 4.79 Å². The molecule has 1 aliphatic rings. The van der Waals surface area contributed by atoms with Gasteiger partial charge in [0.15, 0.2) is 0 Å². The number of hydrogen-bond acceptors (Lipinski definition) is 3. The van der Waals surface area contributed by atoms with Crippen LogP contribution in [0.25, 0.3) is 0 Å². The Morgan fingerprint density at radius 1 is 1.32 bits per heavy atom. The lowest BCUT2D eigenvalue weighted by molar-refractivity contribution is -0.129. The fourth-order valence-electron chi connectivity index (χ4n) is 2.31. The van der Waals surface area contributed by atoms with Crippen molar-refractivity contribution in [1.82, 2.24) is 10.2 Å². The highest BCUT2D eigenvalue weighted by molar-refractivity contribution is 7.98. The average Bonchev–Trinajstić information content (AvgIpc) is 2.69. The Bertz CT molecular complexity index is 450. The molecule has 4 heteroatoms. The SMILES string of the molecule is CSc1ccc(C2NCC(=O)N2CC(C)(C)C)cc1. The molecule has 3 nitrogen and oxygen atoms in total. The summed E-state index contributed by atoms with van der Waals surface area (Å²) >= 11 is 1.73. The summed E-state index contributed by atoms with van der Waals surface area (Å²) in [6.07, 6.45) is 2.08. The van der Waals surface area contributed by atoms with Gasteiger partial charge in [-0.15, -0.1) is 11.8 Å². The molecule has 1 fully saturated rings. The zero-order valence-corrected chi connectivity index (χ0v) is 12.9. The zero-order chi connectivity index (χ0) is 14.0. The van der Waals surface area contributed by atoms with E-state index in [9.17, 15) is 4.79 Å². The molecule has 0 spiro atoms. The van der Waals surface area contributed by atoms with E-state index in [1.54, 1.807) is 11.8 Å². The standard InChI is InChI=1S/C15H22N2OS/c1-15(2,3)10-17-13(18)9-16-14(17)11-5-7-12(19-4)8-6-11/h5-8,14,16H,9-10H2,1-4H3. The van der Waals surface area contributed by atoms with Gasteiger partial charge in [-0.3, -0.25) is 10.1 Å². The van der Waals surface area contributed by atoms with Gasteiger partial charge in [-0.1, -0.05) is 32.9 Å². The summed E-state index contributed by atoms with van der Waals surface area (Å²) in [5, 5.41) is 3.30. The Hall–Kier alpha value is -1.00. The lowest BCUT2D eigenvalue weighted by atomic mass is 9.95. The van der Waals surface area contributed by atoms with Gasteiger partial charge >= 0.3 is 0 Å². The highest BCUT2D eigenvalue weighted by atomic mass is 32.2. The highest BCUT2D eigenvalue weighted by Gasteiger charge is 2.33. The van der Waals surface area contributed by atoms with Gasteiger partial charge in [0.1, 0.15) is 6.17 Å². The van der Waals surface area contributed by atoms with Crippen molar-refractivity contribution in [3.05, 3.63) is 29.8 Å². The molecule has 1 saturated heterocycles. The number of carbonyl (C=O) groups excluding carboxylic acids is 1. The van der Waals surface area contributed by atoms with E-state index in [0.717, 1.165) is 12.1 Å². The van der Waals surface area contributed by atoms with Crippen LogP contribution in [0.3, 0.4) is 0 Å². The molecule has 1 aromatic carbocycles. The Labute approximate surface area is 119 Å². The number of nitrogens with zero attached hydrogens (tertiary/aromatic N) is 1. The minimum absolute atomic E-state index is 0.0163. The van der Waals surface area contributed by atoms with Gasteiger partial charge in [-0.05, 0) is 29.4 Å². The number of amides is 1. The number of rotatable bonds is 3. The Morgan fingerprint density at radius 2 is 1.95 bits per heavy atom. The van der Waals surface area contributed by atoms with Crippen molar-refractivity contribution in [3.63, 3.8) is 0 Å². The molecule has 1 amide bonds. The number of benzene rings is 1. The minimum atomic E-state index is 0.0163. The lowest BCUT2D eigenvalue weighted by Gasteiger charge is -2.31. The Kier molecular flexibility index (Phi) is 4.21. The van der Waals surface area contributed by atoms with Crippen molar-refractivity contribution < 1.29 is 4.79 Å². The van der Waals surface area contributed by atoms with Crippen molar-refractivity contribution in [3.8, 4) is 0 Å².